The third-order valence-corrected chi connectivity index (χ3v) is 8.04. The van der Waals surface area contributed by atoms with Gasteiger partial charge in [-0.1, -0.05) is 22.6 Å². The summed E-state index contributed by atoms with van der Waals surface area (Å²) in [6.45, 7) is 0. The Labute approximate surface area is 82.8 Å². The van der Waals surface area contributed by atoms with Gasteiger partial charge < -0.3 is 5.11 Å². The first-order valence-corrected chi connectivity index (χ1v) is 5.68. The number of hydrogen-bond acceptors (Lipinski definition) is 1. The van der Waals surface area contributed by atoms with Crippen LogP contribution >= 0.6 is 22.6 Å². The highest BCUT2D eigenvalue weighted by Gasteiger charge is 3.11. The third kappa shape index (κ3) is 0.197. The van der Waals surface area contributed by atoms with E-state index in [9.17, 15) is 4.79 Å². The molecule has 0 aromatic heterocycles. The number of carbonyl (C=O) groups is 1. The summed E-state index contributed by atoms with van der Waals surface area (Å²) in [5.41, 5.74) is -0.146. The van der Waals surface area contributed by atoms with E-state index in [-0.39, 0.29) is 5.41 Å². The highest BCUT2D eigenvalue weighted by atomic mass is 127. The molecule has 0 saturated heterocycles. The second-order valence-electron chi connectivity index (χ2n) is 5.22. The summed E-state index contributed by atoms with van der Waals surface area (Å²) < 4.78 is 0.634. The van der Waals surface area contributed by atoms with E-state index in [1.165, 1.54) is 0 Å². The second kappa shape index (κ2) is 1.06. The molecule has 1 N–H and O–H groups in total. The number of carboxylic acids is 1. The Hall–Kier alpha value is 0.200. The van der Waals surface area contributed by atoms with Crippen LogP contribution in [0.3, 0.4) is 0 Å². The van der Waals surface area contributed by atoms with E-state index in [4.69, 9.17) is 5.11 Å². The van der Waals surface area contributed by atoms with Gasteiger partial charge in [-0.3, -0.25) is 4.79 Å². The lowest BCUT2D eigenvalue weighted by atomic mass is 8.96. The summed E-state index contributed by atoms with van der Waals surface area (Å²) in [5, 5.41) is 9.15. The Morgan fingerprint density at radius 3 is 1.83 bits per heavy atom. The zero-order valence-electron chi connectivity index (χ0n) is 6.20. The van der Waals surface area contributed by atoms with Gasteiger partial charge in [-0.05, 0) is 35.5 Å². The maximum absolute atomic E-state index is 11.1. The van der Waals surface area contributed by atoms with Gasteiger partial charge in [0.1, 0.15) is 0 Å². The molecule has 62 valence electrons. The fraction of sp³-hybridized carbons (Fsp3) is 0.889. The molecule has 0 aliphatic heterocycles. The van der Waals surface area contributed by atoms with Crippen molar-refractivity contribution < 1.29 is 9.90 Å². The normalized spacial score (nSPS) is 88.1. The highest BCUT2D eigenvalue weighted by molar-refractivity contribution is 14.1. The molecule has 0 atom stereocenters. The van der Waals surface area contributed by atoms with Crippen LogP contribution in [0.25, 0.3) is 0 Å². The minimum Gasteiger partial charge on any atom is -0.481 e. The van der Waals surface area contributed by atoms with Crippen LogP contribution in [0.5, 0.6) is 0 Å². The molecule has 0 amide bonds. The van der Waals surface area contributed by atoms with E-state index in [0.29, 0.717) is 21.2 Å². The number of hydrogen-bond donors (Lipinski definition) is 1. The summed E-state index contributed by atoms with van der Waals surface area (Å²) in [6, 6.07) is 0. The molecule has 0 bridgehead atoms. The van der Waals surface area contributed by atoms with Crippen LogP contribution in [-0.2, 0) is 4.79 Å². The van der Waals surface area contributed by atoms with Crippen molar-refractivity contribution >= 4 is 28.6 Å². The van der Waals surface area contributed by atoms with Gasteiger partial charge in [0, 0.05) is 3.42 Å². The van der Waals surface area contributed by atoms with Crippen molar-refractivity contribution in [3.63, 3.8) is 0 Å². The molecule has 12 heavy (non-hydrogen) atoms. The molecule has 6 saturated carbocycles. The van der Waals surface area contributed by atoms with Crippen molar-refractivity contribution in [2.24, 2.45) is 40.9 Å². The van der Waals surface area contributed by atoms with Crippen LogP contribution in [0, 0.1) is 40.9 Å². The summed E-state index contributed by atoms with van der Waals surface area (Å²) in [7, 11) is 0. The van der Waals surface area contributed by atoms with E-state index < -0.39 is 5.97 Å². The first kappa shape index (κ1) is 5.83. The minimum absolute atomic E-state index is 0.146. The summed E-state index contributed by atoms with van der Waals surface area (Å²) in [5.74, 6) is 3.95. The van der Waals surface area contributed by atoms with Crippen molar-refractivity contribution in [1.29, 1.82) is 0 Å². The zero-order chi connectivity index (χ0) is 8.04. The summed E-state index contributed by atoms with van der Waals surface area (Å²) in [6.07, 6.45) is 0. The van der Waals surface area contributed by atoms with E-state index in [2.05, 4.69) is 22.6 Å². The summed E-state index contributed by atoms with van der Waals surface area (Å²) >= 11 is 2.62. The van der Waals surface area contributed by atoms with Gasteiger partial charge in [-0.15, -0.1) is 0 Å². The quantitative estimate of drug-likeness (QED) is 0.572. The van der Waals surface area contributed by atoms with Crippen molar-refractivity contribution in [2.45, 2.75) is 3.42 Å². The lowest BCUT2D eigenvalue weighted by molar-refractivity contribution is -0.574. The Bertz CT molecular complexity index is 321. The smallest absolute Gasteiger partial charge is 0.310 e. The van der Waals surface area contributed by atoms with Crippen LogP contribution in [0.2, 0.25) is 0 Å². The average Bonchev–Trinajstić information content (AvgIpc) is 2.04. The molecule has 0 aromatic carbocycles. The number of aliphatic carboxylic acids is 1. The topological polar surface area (TPSA) is 37.3 Å². The predicted octanol–water partition coefficient (Wildman–Crippen LogP) is 0.996. The predicted molar refractivity (Wildman–Crippen MR) is 47.8 cm³/mol. The molecular formula is C9H7IO2. The standard InChI is InChI=1S/C9H7IO2/c10-9-4-1-5(9)3-6(9)2(4)8(1,3)7(11)12/h1-6H,(H,11,12). The number of carboxylic acid groups (broad SMARTS) is 1. The molecule has 6 aliphatic carbocycles. The van der Waals surface area contributed by atoms with Crippen LogP contribution in [0.4, 0.5) is 0 Å². The Kier molecular flexibility index (Phi) is 0.514. The Balaban J connectivity index is 1.75. The number of halogens is 1. The van der Waals surface area contributed by atoms with E-state index in [1.807, 2.05) is 0 Å². The Morgan fingerprint density at radius 1 is 1.08 bits per heavy atom. The van der Waals surface area contributed by atoms with Gasteiger partial charge in [0.15, 0.2) is 0 Å². The molecule has 0 unspecified atom stereocenters. The molecule has 2 nitrogen and oxygen atoms in total. The van der Waals surface area contributed by atoms with E-state index in [1.54, 1.807) is 0 Å². The largest absolute Gasteiger partial charge is 0.481 e. The van der Waals surface area contributed by atoms with Crippen molar-refractivity contribution in [3.8, 4) is 0 Å². The third-order valence-electron chi connectivity index (χ3n) is 5.88. The summed E-state index contributed by atoms with van der Waals surface area (Å²) in [4.78, 5) is 11.1. The lowest BCUT2D eigenvalue weighted by Gasteiger charge is -3.09. The molecule has 6 aliphatic rings. The van der Waals surface area contributed by atoms with E-state index in [0.717, 1.165) is 17.8 Å². The first-order valence-electron chi connectivity index (χ1n) is 4.60. The van der Waals surface area contributed by atoms with Crippen LogP contribution in [0.15, 0.2) is 0 Å². The Morgan fingerprint density at radius 2 is 1.50 bits per heavy atom. The lowest BCUT2D eigenvalue weighted by Crippen LogP contribution is -3.12. The van der Waals surface area contributed by atoms with Crippen LogP contribution in [0.1, 0.15) is 0 Å². The van der Waals surface area contributed by atoms with Crippen molar-refractivity contribution in [3.05, 3.63) is 0 Å². The van der Waals surface area contributed by atoms with Gasteiger partial charge >= 0.3 is 5.97 Å². The second-order valence-corrected chi connectivity index (χ2v) is 7.09. The van der Waals surface area contributed by atoms with Crippen LogP contribution < -0.4 is 0 Å². The fourth-order valence-electron chi connectivity index (χ4n) is 5.82. The molecule has 0 radical (unpaired) electrons. The molecule has 6 fully saturated rings. The maximum Gasteiger partial charge on any atom is 0.310 e. The molecule has 0 spiro atoms. The first-order chi connectivity index (χ1) is 5.68. The van der Waals surface area contributed by atoms with Gasteiger partial charge in [-0.25, -0.2) is 0 Å². The number of rotatable bonds is 1. The average molecular weight is 274 g/mol. The zero-order valence-corrected chi connectivity index (χ0v) is 8.36. The van der Waals surface area contributed by atoms with Crippen molar-refractivity contribution in [1.82, 2.24) is 0 Å². The molecular weight excluding hydrogens is 267 g/mol. The van der Waals surface area contributed by atoms with Gasteiger partial charge in [0.2, 0.25) is 0 Å². The van der Waals surface area contributed by atoms with Crippen molar-refractivity contribution in [2.75, 3.05) is 0 Å². The molecule has 0 aromatic rings. The SMILES string of the molecule is O=C(O)C12C3C4C1C1C2C3C41I. The highest BCUT2D eigenvalue weighted by Crippen LogP contribution is 3.08. The number of alkyl halides is 1. The van der Waals surface area contributed by atoms with E-state index >= 15 is 0 Å². The molecule has 6 rings (SSSR count). The van der Waals surface area contributed by atoms with Gasteiger partial charge in [0.25, 0.3) is 0 Å². The maximum atomic E-state index is 11.1. The van der Waals surface area contributed by atoms with Gasteiger partial charge in [0.05, 0.1) is 5.41 Å². The van der Waals surface area contributed by atoms with Crippen LogP contribution in [-0.4, -0.2) is 14.5 Å². The molecule has 0 heterocycles. The monoisotopic (exact) mass is 274 g/mol. The fourth-order valence-corrected chi connectivity index (χ4v) is 8.15. The molecule has 3 heteroatoms. The minimum atomic E-state index is -0.468. The van der Waals surface area contributed by atoms with Gasteiger partial charge in [-0.2, -0.15) is 0 Å².